The second-order valence-electron chi connectivity index (χ2n) is 5.90. The highest BCUT2D eigenvalue weighted by Crippen LogP contribution is 2.26. The molecular formula is C16H20BrClN2O. The van der Waals surface area contributed by atoms with Gasteiger partial charge in [0.25, 0.3) is 5.91 Å². The summed E-state index contributed by atoms with van der Waals surface area (Å²) < 4.78 is 0.777. The average molecular weight is 372 g/mol. The molecule has 0 bridgehead atoms. The van der Waals surface area contributed by atoms with Crippen molar-refractivity contribution in [3.63, 3.8) is 0 Å². The Hall–Kier alpha value is -0.580. The Kier molecular flexibility index (Phi) is 4.87. The molecule has 1 amide bonds. The summed E-state index contributed by atoms with van der Waals surface area (Å²) in [6.07, 6.45) is 5.39. The summed E-state index contributed by atoms with van der Waals surface area (Å²) in [4.78, 5) is 17.1. The van der Waals surface area contributed by atoms with Gasteiger partial charge in [0, 0.05) is 42.3 Å². The first-order valence-corrected chi connectivity index (χ1v) is 8.80. The van der Waals surface area contributed by atoms with Crippen LogP contribution >= 0.6 is 27.5 Å². The number of hydrogen-bond acceptors (Lipinski definition) is 2. The molecule has 1 saturated carbocycles. The van der Waals surface area contributed by atoms with Crippen LogP contribution in [0.25, 0.3) is 0 Å². The molecule has 5 heteroatoms. The number of rotatable bonds is 2. The third kappa shape index (κ3) is 3.43. The molecular weight excluding hydrogens is 352 g/mol. The fraction of sp³-hybridized carbons (Fsp3) is 0.562. The normalized spacial score (nSPS) is 21.0. The average Bonchev–Trinajstić information content (AvgIpc) is 3.04. The molecule has 3 nitrogen and oxygen atoms in total. The molecule has 0 N–H and O–H groups in total. The largest absolute Gasteiger partial charge is 0.336 e. The van der Waals surface area contributed by atoms with Gasteiger partial charge in [-0.1, -0.05) is 24.4 Å². The van der Waals surface area contributed by atoms with Crippen molar-refractivity contribution in [2.45, 2.75) is 31.7 Å². The van der Waals surface area contributed by atoms with Gasteiger partial charge in [-0.25, -0.2) is 0 Å². The predicted molar refractivity (Wildman–Crippen MR) is 88.9 cm³/mol. The predicted octanol–water partition coefficient (Wildman–Crippen LogP) is 3.80. The van der Waals surface area contributed by atoms with Crippen molar-refractivity contribution in [2.75, 3.05) is 26.2 Å². The van der Waals surface area contributed by atoms with Crippen LogP contribution in [-0.2, 0) is 0 Å². The second kappa shape index (κ2) is 6.67. The molecule has 1 aliphatic heterocycles. The van der Waals surface area contributed by atoms with Gasteiger partial charge in [-0.05, 0) is 47.0 Å². The van der Waals surface area contributed by atoms with E-state index in [1.54, 1.807) is 12.1 Å². The Labute approximate surface area is 139 Å². The monoisotopic (exact) mass is 370 g/mol. The van der Waals surface area contributed by atoms with E-state index in [4.69, 9.17) is 11.6 Å². The van der Waals surface area contributed by atoms with Gasteiger partial charge in [-0.2, -0.15) is 0 Å². The van der Waals surface area contributed by atoms with E-state index in [0.717, 1.165) is 36.7 Å². The van der Waals surface area contributed by atoms with Gasteiger partial charge >= 0.3 is 0 Å². The van der Waals surface area contributed by atoms with Crippen molar-refractivity contribution in [2.24, 2.45) is 0 Å². The standard InChI is InChI=1S/C16H20BrClN2O/c17-14-11-12(5-6-15(14)18)16(21)20-9-7-19(8-10-20)13-3-1-2-4-13/h5-6,11,13H,1-4,7-10H2. The lowest BCUT2D eigenvalue weighted by Crippen LogP contribution is -2.51. The number of amides is 1. The van der Waals surface area contributed by atoms with Crippen LogP contribution in [0, 0.1) is 0 Å². The van der Waals surface area contributed by atoms with Crippen LogP contribution in [0.4, 0.5) is 0 Å². The van der Waals surface area contributed by atoms with Crippen LogP contribution in [0.15, 0.2) is 22.7 Å². The summed E-state index contributed by atoms with van der Waals surface area (Å²) in [5.74, 6) is 0.110. The lowest BCUT2D eigenvalue weighted by atomic mass is 10.1. The van der Waals surface area contributed by atoms with E-state index in [2.05, 4.69) is 20.8 Å². The number of hydrogen-bond donors (Lipinski definition) is 0. The molecule has 2 aliphatic rings. The van der Waals surface area contributed by atoms with E-state index in [-0.39, 0.29) is 5.91 Å². The summed E-state index contributed by atoms with van der Waals surface area (Å²) in [5.41, 5.74) is 0.709. The van der Waals surface area contributed by atoms with Crippen LogP contribution in [0.2, 0.25) is 5.02 Å². The zero-order chi connectivity index (χ0) is 14.8. The zero-order valence-electron chi connectivity index (χ0n) is 12.0. The van der Waals surface area contributed by atoms with E-state index in [0.29, 0.717) is 10.6 Å². The quantitative estimate of drug-likeness (QED) is 0.789. The van der Waals surface area contributed by atoms with Crippen LogP contribution in [0.1, 0.15) is 36.0 Å². The smallest absolute Gasteiger partial charge is 0.253 e. The van der Waals surface area contributed by atoms with Crippen molar-refractivity contribution in [1.29, 1.82) is 0 Å². The summed E-state index contributed by atoms with van der Waals surface area (Å²) in [7, 11) is 0. The molecule has 0 atom stereocenters. The summed E-state index contributed by atoms with van der Waals surface area (Å²) in [6.45, 7) is 3.67. The molecule has 21 heavy (non-hydrogen) atoms. The number of carbonyl (C=O) groups is 1. The maximum atomic E-state index is 12.5. The minimum atomic E-state index is 0.110. The molecule has 1 aromatic rings. The topological polar surface area (TPSA) is 23.6 Å². The minimum absolute atomic E-state index is 0.110. The third-order valence-electron chi connectivity index (χ3n) is 4.61. The van der Waals surface area contributed by atoms with Crippen LogP contribution in [-0.4, -0.2) is 47.9 Å². The van der Waals surface area contributed by atoms with E-state index in [9.17, 15) is 4.79 Å². The number of piperazine rings is 1. The lowest BCUT2D eigenvalue weighted by Gasteiger charge is -2.38. The van der Waals surface area contributed by atoms with Crippen LogP contribution in [0.5, 0.6) is 0 Å². The molecule has 3 rings (SSSR count). The minimum Gasteiger partial charge on any atom is -0.336 e. The van der Waals surface area contributed by atoms with Crippen LogP contribution in [0.3, 0.4) is 0 Å². The summed E-state index contributed by atoms with van der Waals surface area (Å²) in [6, 6.07) is 6.15. The molecule has 0 radical (unpaired) electrons. The third-order valence-corrected chi connectivity index (χ3v) is 5.82. The van der Waals surface area contributed by atoms with E-state index < -0.39 is 0 Å². The first-order valence-electron chi connectivity index (χ1n) is 7.63. The number of halogens is 2. The van der Waals surface area contributed by atoms with Gasteiger partial charge in [0.15, 0.2) is 0 Å². The SMILES string of the molecule is O=C(c1ccc(Cl)c(Br)c1)N1CCN(C2CCCC2)CC1. The number of nitrogens with zero attached hydrogens (tertiary/aromatic N) is 2. The Morgan fingerprint density at radius 3 is 2.43 bits per heavy atom. The Bertz CT molecular complexity index is 523. The summed E-state index contributed by atoms with van der Waals surface area (Å²) >= 11 is 9.37. The summed E-state index contributed by atoms with van der Waals surface area (Å²) in [5, 5.41) is 0.637. The van der Waals surface area contributed by atoms with Gasteiger partial charge < -0.3 is 4.90 Å². The zero-order valence-corrected chi connectivity index (χ0v) is 14.4. The molecule has 1 saturated heterocycles. The molecule has 0 spiro atoms. The van der Waals surface area contributed by atoms with Crippen molar-refractivity contribution in [1.82, 2.24) is 9.80 Å². The molecule has 1 aliphatic carbocycles. The second-order valence-corrected chi connectivity index (χ2v) is 7.16. The maximum Gasteiger partial charge on any atom is 0.253 e. The van der Waals surface area contributed by atoms with Crippen molar-refractivity contribution >= 4 is 33.4 Å². The molecule has 0 unspecified atom stereocenters. The van der Waals surface area contributed by atoms with Crippen molar-refractivity contribution < 1.29 is 4.79 Å². The number of carbonyl (C=O) groups excluding carboxylic acids is 1. The van der Waals surface area contributed by atoms with Crippen molar-refractivity contribution in [3.05, 3.63) is 33.3 Å². The van der Waals surface area contributed by atoms with Gasteiger partial charge in [-0.15, -0.1) is 0 Å². The van der Waals surface area contributed by atoms with E-state index >= 15 is 0 Å². The Balaban J connectivity index is 1.60. The Morgan fingerprint density at radius 1 is 1.14 bits per heavy atom. The van der Waals surface area contributed by atoms with Gasteiger partial charge in [-0.3, -0.25) is 9.69 Å². The highest BCUT2D eigenvalue weighted by molar-refractivity contribution is 9.10. The van der Waals surface area contributed by atoms with Crippen LogP contribution < -0.4 is 0 Å². The molecule has 0 aromatic heterocycles. The number of benzene rings is 1. The molecule has 1 heterocycles. The highest BCUT2D eigenvalue weighted by Gasteiger charge is 2.28. The van der Waals surface area contributed by atoms with Gasteiger partial charge in [0.1, 0.15) is 0 Å². The first kappa shape index (κ1) is 15.3. The highest BCUT2D eigenvalue weighted by atomic mass is 79.9. The van der Waals surface area contributed by atoms with E-state index in [1.165, 1.54) is 25.7 Å². The fourth-order valence-corrected chi connectivity index (χ4v) is 3.87. The maximum absolute atomic E-state index is 12.5. The first-order chi connectivity index (χ1) is 10.1. The fourth-order valence-electron chi connectivity index (χ4n) is 3.37. The van der Waals surface area contributed by atoms with Gasteiger partial charge in [0.05, 0.1) is 5.02 Å². The van der Waals surface area contributed by atoms with Crippen molar-refractivity contribution in [3.8, 4) is 0 Å². The molecule has 1 aromatic carbocycles. The van der Waals surface area contributed by atoms with E-state index in [1.807, 2.05) is 11.0 Å². The molecule has 114 valence electrons. The lowest BCUT2D eigenvalue weighted by molar-refractivity contribution is 0.0573. The Morgan fingerprint density at radius 2 is 1.81 bits per heavy atom. The molecule has 2 fully saturated rings. The van der Waals surface area contributed by atoms with Gasteiger partial charge in [0.2, 0.25) is 0 Å².